The molecule has 0 bridgehead atoms. The summed E-state index contributed by atoms with van der Waals surface area (Å²) in [5.74, 6) is -1.13. The van der Waals surface area contributed by atoms with E-state index in [1.807, 2.05) is 0 Å². The average Bonchev–Trinajstić information content (AvgIpc) is 2.82. The van der Waals surface area contributed by atoms with Gasteiger partial charge in [0.2, 0.25) is 15.8 Å². The van der Waals surface area contributed by atoms with Crippen LogP contribution >= 0.6 is 0 Å². The van der Waals surface area contributed by atoms with Crippen molar-refractivity contribution < 1.29 is 27.5 Å². The molecule has 0 heterocycles. The number of hydrogen-bond donors (Lipinski definition) is 0. The average molecular weight is 454 g/mol. The van der Waals surface area contributed by atoms with Gasteiger partial charge in [0.05, 0.1) is 12.7 Å². The van der Waals surface area contributed by atoms with Gasteiger partial charge in [0.15, 0.2) is 6.10 Å². The third kappa shape index (κ3) is 4.87. The van der Waals surface area contributed by atoms with Crippen molar-refractivity contribution in [3.8, 4) is 5.75 Å². The van der Waals surface area contributed by atoms with Gasteiger partial charge >= 0.3 is 5.97 Å². The van der Waals surface area contributed by atoms with Crippen molar-refractivity contribution in [1.29, 1.82) is 0 Å². The van der Waals surface area contributed by atoms with Gasteiger partial charge in [0.1, 0.15) is 10.6 Å². The van der Waals surface area contributed by atoms with Crippen molar-refractivity contribution >= 4 is 21.8 Å². The molecule has 32 heavy (non-hydrogen) atoms. The summed E-state index contributed by atoms with van der Waals surface area (Å²) in [4.78, 5) is 25.9. The molecule has 0 aliphatic rings. The molecule has 0 aromatic heterocycles. The summed E-state index contributed by atoms with van der Waals surface area (Å²) in [6, 6.07) is 21.1. The maximum absolute atomic E-state index is 13.1. The number of ether oxygens (including phenoxy) is 2. The molecule has 8 heteroatoms. The Kier molecular flexibility index (Phi) is 7.07. The van der Waals surface area contributed by atoms with Gasteiger partial charge in [-0.1, -0.05) is 60.7 Å². The fourth-order valence-electron chi connectivity index (χ4n) is 3.03. The number of carbonyl (C=O) groups is 2. The quantitative estimate of drug-likeness (QED) is 0.381. The van der Waals surface area contributed by atoms with Gasteiger partial charge in [-0.2, -0.15) is 0 Å². The first-order valence-corrected chi connectivity index (χ1v) is 11.2. The fourth-order valence-corrected chi connectivity index (χ4v) is 4.11. The third-order valence-corrected chi connectivity index (χ3v) is 6.62. The van der Waals surface area contributed by atoms with Crippen molar-refractivity contribution in [2.45, 2.75) is 11.0 Å². The van der Waals surface area contributed by atoms with Crippen molar-refractivity contribution in [3.05, 3.63) is 95.6 Å². The topological polar surface area (TPSA) is 90.0 Å². The lowest BCUT2D eigenvalue weighted by Gasteiger charge is -2.19. The number of sulfonamides is 1. The molecule has 0 N–H and O–H groups in total. The molecule has 166 valence electrons. The summed E-state index contributed by atoms with van der Waals surface area (Å²) in [7, 11) is 0.215. The van der Waals surface area contributed by atoms with Gasteiger partial charge < -0.3 is 9.47 Å². The minimum absolute atomic E-state index is 0.0204. The molecule has 3 aromatic rings. The van der Waals surface area contributed by atoms with Crippen LogP contribution in [0, 0.1) is 0 Å². The predicted molar refractivity (Wildman–Crippen MR) is 119 cm³/mol. The molecule has 0 saturated carbocycles. The number of methoxy groups -OCH3 is 1. The highest BCUT2D eigenvalue weighted by Crippen LogP contribution is 2.29. The van der Waals surface area contributed by atoms with Gasteiger partial charge in [-0.25, -0.2) is 17.5 Å². The molecule has 0 saturated heterocycles. The van der Waals surface area contributed by atoms with Crippen LogP contribution in [0.1, 0.15) is 32.4 Å². The Hall–Kier alpha value is -3.49. The Bertz CT molecular complexity index is 1210. The summed E-state index contributed by atoms with van der Waals surface area (Å²) in [6.45, 7) is 0. The monoisotopic (exact) mass is 453 g/mol. The number of rotatable bonds is 8. The third-order valence-electron chi connectivity index (χ3n) is 4.78. The fraction of sp³-hybridized carbons (Fsp3) is 0.167. The summed E-state index contributed by atoms with van der Waals surface area (Å²) in [5, 5.41) is 0. The van der Waals surface area contributed by atoms with E-state index in [9.17, 15) is 18.0 Å². The molecule has 1 unspecified atom stereocenters. The van der Waals surface area contributed by atoms with Crippen LogP contribution in [-0.4, -0.2) is 45.7 Å². The summed E-state index contributed by atoms with van der Waals surface area (Å²) >= 11 is 0. The first kappa shape index (κ1) is 23.2. The second kappa shape index (κ2) is 9.76. The second-order valence-corrected chi connectivity index (χ2v) is 9.20. The standard InChI is InChI=1S/C24H23NO6S/c1-25(2)32(28,29)21-16-19(14-15-20(21)30-3)24(27)31-23(18-12-8-5-9-13-18)22(26)17-10-6-4-7-11-17/h4-16,23H,1-3H3. The number of esters is 1. The van der Waals surface area contributed by atoms with E-state index in [2.05, 4.69) is 0 Å². The second-order valence-electron chi connectivity index (χ2n) is 7.08. The lowest BCUT2D eigenvalue weighted by molar-refractivity contribution is 0.0279. The smallest absolute Gasteiger partial charge is 0.339 e. The van der Waals surface area contributed by atoms with Gasteiger partial charge in [-0.3, -0.25) is 4.79 Å². The number of benzene rings is 3. The van der Waals surface area contributed by atoms with Crippen molar-refractivity contribution in [1.82, 2.24) is 4.31 Å². The Morgan fingerprint density at radius 1 is 0.844 bits per heavy atom. The molecule has 0 aliphatic carbocycles. The first-order valence-electron chi connectivity index (χ1n) is 9.71. The Morgan fingerprint density at radius 3 is 2.00 bits per heavy atom. The lowest BCUT2D eigenvalue weighted by atomic mass is 10.00. The van der Waals surface area contributed by atoms with Crippen LogP contribution in [0.15, 0.2) is 83.8 Å². The van der Waals surface area contributed by atoms with Gasteiger partial charge in [0, 0.05) is 25.2 Å². The van der Waals surface area contributed by atoms with Crippen molar-refractivity contribution in [3.63, 3.8) is 0 Å². The maximum Gasteiger partial charge on any atom is 0.339 e. The largest absolute Gasteiger partial charge is 0.495 e. The summed E-state index contributed by atoms with van der Waals surface area (Å²) in [6.07, 6.45) is -1.19. The Balaban J connectivity index is 1.99. The summed E-state index contributed by atoms with van der Waals surface area (Å²) < 4.78 is 37.1. The number of ketones is 1. The molecule has 0 aliphatic heterocycles. The SMILES string of the molecule is COc1ccc(C(=O)OC(C(=O)c2ccccc2)c2ccccc2)cc1S(=O)(=O)N(C)C. The van der Waals surface area contributed by atoms with E-state index in [4.69, 9.17) is 9.47 Å². The van der Waals surface area contributed by atoms with E-state index in [1.54, 1.807) is 60.7 Å². The minimum Gasteiger partial charge on any atom is -0.495 e. The predicted octanol–water partition coefficient (Wildman–Crippen LogP) is 3.73. The summed E-state index contributed by atoms with van der Waals surface area (Å²) in [5.41, 5.74) is 0.872. The van der Waals surface area contributed by atoms with E-state index in [0.717, 1.165) is 4.31 Å². The normalized spacial score (nSPS) is 12.2. The first-order chi connectivity index (χ1) is 15.3. The molecule has 0 amide bonds. The van der Waals surface area contributed by atoms with Gasteiger partial charge in [-0.15, -0.1) is 0 Å². The molecule has 0 spiro atoms. The van der Waals surface area contributed by atoms with Crippen molar-refractivity contribution in [2.24, 2.45) is 0 Å². The molecule has 3 rings (SSSR count). The van der Waals surface area contributed by atoms with E-state index >= 15 is 0 Å². The number of hydrogen-bond acceptors (Lipinski definition) is 6. The molecule has 0 fully saturated rings. The van der Waals surface area contributed by atoms with Gasteiger partial charge in [-0.05, 0) is 18.2 Å². The van der Waals surface area contributed by atoms with Crippen LogP contribution in [0.2, 0.25) is 0 Å². The highest BCUT2D eigenvalue weighted by Gasteiger charge is 2.29. The van der Waals surface area contributed by atoms with E-state index in [1.165, 1.54) is 39.4 Å². The zero-order chi connectivity index (χ0) is 23.3. The molecule has 1 atom stereocenters. The van der Waals surface area contributed by atoms with Crippen LogP contribution in [-0.2, 0) is 14.8 Å². The molecular formula is C24H23NO6S. The number of nitrogens with zero attached hydrogens (tertiary/aromatic N) is 1. The van der Waals surface area contributed by atoms with Crippen LogP contribution in [0.4, 0.5) is 0 Å². The zero-order valence-corrected chi connectivity index (χ0v) is 18.7. The van der Waals surface area contributed by atoms with Crippen LogP contribution < -0.4 is 4.74 Å². The molecular weight excluding hydrogens is 430 g/mol. The molecule has 3 aromatic carbocycles. The van der Waals surface area contributed by atoms with Crippen LogP contribution in [0.25, 0.3) is 0 Å². The molecule has 0 radical (unpaired) electrons. The van der Waals surface area contributed by atoms with E-state index in [0.29, 0.717) is 11.1 Å². The highest BCUT2D eigenvalue weighted by molar-refractivity contribution is 7.89. The number of Topliss-reactive ketones (excluding diaryl/α,β-unsaturated/α-hetero) is 1. The number of carbonyl (C=O) groups excluding carboxylic acids is 2. The maximum atomic E-state index is 13.1. The van der Waals surface area contributed by atoms with E-state index in [-0.39, 0.29) is 22.0 Å². The van der Waals surface area contributed by atoms with Crippen LogP contribution in [0.5, 0.6) is 5.75 Å². The lowest BCUT2D eigenvalue weighted by Crippen LogP contribution is -2.24. The van der Waals surface area contributed by atoms with E-state index < -0.39 is 22.1 Å². The molecule has 7 nitrogen and oxygen atoms in total. The highest BCUT2D eigenvalue weighted by atomic mass is 32.2. The zero-order valence-electron chi connectivity index (χ0n) is 17.9. The Morgan fingerprint density at radius 2 is 1.44 bits per heavy atom. The minimum atomic E-state index is -3.88. The van der Waals surface area contributed by atoms with Crippen LogP contribution in [0.3, 0.4) is 0 Å². The van der Waals surface area contributed by atoms with Crippen molar-refractivity contribution in [2.75, 3.05) is 21.2 Å². The Labute approximate surface area is 187 Å². The van der Waals surface area contributed by atoms with Gasteiger partial charge in [0.25, 0.3) is 0 Å².